The van der Waals surface area contributed by atoms with Gasteiger partial charge in [-0.25, -0.2) is 0 Å². The van der Waals surface area contributed by atoms with Gasteiger partial charge in [-0.15, -0.1) is 0 Å². The van der Waals surface area contributed by atoms with Crippen molar-refractivity contribution in [1.29, 1.82) is 0 Å². The van der Waals surface area contributed by atoms with Crippen LogP contribution in [0.2, 0.25) is 0 Å². The quantitative estimate of drug-likeness (QED) is 0.179. The number of allylic oxidation sites excluding steroid dienone is 1. The Morgan fingerprint density at radius 1 is 0.596 bits per heavy atom. The maximum Gasteiger partial charge on any atom is 0.252 e. The van der Waals surface area contributed by atoms with Gasteiger partial charge in [0.2, 0.25) is 0 Å². The first-order valence-corrected chi connectivity index (χ1v) is 22.4. The molecular weight excluding hydrogens is 687 g/mol. The van der Waals surface area contributed by atoms with Gasteiger partial charge < -0.3 is 9.80 Å². The maximum atomic E-state index is 2.91. The van der Waals surface area contributed by atoms with Gasteiger partial charge in [0, 0.05) is 39.3 Å². The number of aryl methyl sites for hydroxylation is 1. The number of hydrogen-bond donors (Lipinski definition) is 0. The fourth-order valence-electron chi connectivity index (χ4n) is 12.9. The van der Waals surface area contributed by atoms with Crippen LogP contribution >= 0.6 is 0 Å². The lowest BCUT2D eigenvalue weighted by molar-refractivity contribution is 0.195. The number of hydrogen-bond acceptors (Lipinski definition) is 2. The van der Waals surface area contributed by atoms with E-state index in [1.54, 1.807) is 27.6 Å². The van der Waals surface area contributed by atoms with Gasteiger partial charge in [0.05, 0.1) is 5.54 Å². The molecule has 57 heavy (non-hydrogen) atoms. The van der Waals surface area contributed by atoms with Crippen LogP contribution in [0.4, 0.5) is 22.7 Å². The summed E-state index contributed by atoms with van der Waals surface area (Å²) in [6.07, 6.45) is 7.49. The van der Waals surface area contributed by atoms with E-state index in [0.29, 0.717) is 0 Å². The van der Waals surface area contributed by atoms with E-state index in [2.05, 4.69) is 174 Å². The lowest BCUT2D eigenvalue weighted by atomic mass is 9.32. The van der Waals surface area contributed by atoms with Crippen molar-refractivity contribution in [1.82, 2.24) is 0 Å². The topological polar surface area (TPSA) is 6.48 Å². The van der Waals surface area contributed by atoms with E-state index in [4.69, 9.17) is 0 Å². The first-order valence-electron chi connectivity index (χ1n) is 22.4. The summed E-state index contributed by atoms with van der Waals surface area (Å²) in [6.45, 7) is 37.1. The van der Waals surface area contributed by atoms with E-state index in [1.807, 2.05) is 0 Å². The highest BCUT2D eigenvalue weighted by molar-refractivity contribution is 7.03. The van der Waals surface area contributed by atoms with Gasteiger partial charge in [0.1, 0.15) is 0 Å². The molecule has 10 rings (SSSR count). The highest BCUT2D eigenvalue weighted by Gasteiger charge is 2.63. The molecule has 0 amide bonds. The molecule has 2 nitrogen and oxygen atoms in total. The number of anilines is 4. The fraction of sp³-hybridized carbons (Fsp3) is 0.519. The van der Waals surface area contributed by atoms with Gasteiger partial charge in [-0.05, 0) is 146 Å². The molecule has 0 spiro atoms. The summed E-state index contributed by atoms with van der Waals surface area (Å²) in [7, 11) is 0. The lowest BCUT2D eigenvalue weighted by Gasteiger charge is -2.53. The molecular formula is C54H67BN2. The second-order valence-electron chi connectivity index (χ2n) is 23.7. The molecule has 3 heterocycles. The Balaban J connectivity index is 1.36. The maximum absolute atomic E-state index is 2.91. The van der Waals surface area contributed by atoms with Crippen LogP contribution in [0.15, 0.2) is 66.4 Å². The van der Waals surface area contributed by atoms with Crippen LogP contribution in [-0.4, -0.2) is 12.3 Å². The van der Waals surface area contributed by atoms with Crippen LogP contribution in [-0.2, 0) is 32.5 Å². The van der Waals surface area contributed by atoms with E-state index in [1.165, 1.54) is 100 Å². The minimum atomic E-state index is -0.213. The van der Waals surface area contributed by atoms with Crippen molar-refractivity contribution in [2.75, 3.05) is 9.80 Å². The Bertz CT molecular complexity index is 2460. The molecule has 2 atom stereocenters. The SMILES string of the molecule is Cc1cc2c3c(c1)N1c4c(cc(C(C)(C)C)cc4C4(C)CCCCC14C)B3C1=C(N2c2ccc(C(C)(C)C)cc2)C(C)(C)c2cc3c(cc21)C(C)(C)CCC3(C)C. The number of fused-ring (bicyclic) bond motifs is 9. The Hall–Kier alpha value is -3.72. The minimum Gasteiger partial charge on any atom is -0.335 e. The summed E-state index contributed by atoms with van der Waals surface area (Å²) in [4.78, 5) is 5.66. The van der Waals surface area contributed by atoms with E-state index >= 15 is 0 Å². The first-order chi connectivity index (χ1) is 26.4. The molecule has 0 bridgehead atoms. The number of benzene rings is 4. The zero-order valence-corrected chi connectivity index (χ0v) is 38.0. The third-order valence-electron chi connectivity index (χ3n) is 16.8. The standard InChI is InChI=1S/C54H67BN2/c1-32-26-42-45-43(27-32)57-46-40(53(14)22-16-17-23-54(53,57)15)28-34(49(5,6)7)29-41(46)55(45)44-36-30-38-39(51(10,11)25-24-50(38,8)9)31-37(36)52(12,13)47(44)56(42)35-20-18-33(19-21-35)48(2,3)4/h18-21,26-31H,16-17,22-25H2,1-15H3. The zero-order chi connectivity index (χ0) is 40.8. The van der Waals surface area contributed by atoms with Crippen LogP contribution in [0.1, 0.15) is 180 Å². The van der Waals surface area contributed by atoms with Gasteiger partial charge in [0.15, 0.2) is 0 Å². The van der Waals surface area contributed by atoms with E-state index < -0.39 is 0 Å². The van der Waals surface area contributed by atoms with Crippen molar-refractivity contribution in [2.45, 2.75) is 180 Å². The third-order valence-corrected chi connectivity index (χ3v) is 16.8. The van der Waals surface area contributed by atoms with Crippen molar-refractivity contribution in [3.63, 3.8) is 0 Å². The summed E-state index contributed by atoms with van der Waals surface area (Å²) >= 11 is 0. The van der Waals surface area contributed by atoms with Gasteiger partial charge >= 0.3 is 0 Å². The summed E-state index contributed by atoms with van der Waals surface area (Å²) < 4.78 is 0. The van der Waals surface area contributed by atoms with Gasteiger partial charge in [0.25, 0.3) is 6.71 Å². The molecule has 296 valence electrons. The predicted molar refractivity (Wildman–Crippen MR) is 247 cm³/mol. The first kappa shape index (κ1) is 37.5. The minimum absolute atomic E-state index is 0.000747. The summed E-state index contributed by atoms with van der Waals surface area (Å²) in [5, 5.41) is 0. The molecule has 4 aromatic rings. The Kier molecular flexibility index (Phi) is 7.31. The molecule has 1 fully saturated rings. The highest BCUT2D eigenvalue weighted by atomic mass is 15.3. The van der Waals surface area contributed by atoms with Crippen molar-refractivity contribution in [2.24, 2.45) is 0 Å². The molecule has 4 aromatic carbocycles. The van der Waals surface area contributed by atoms with Crippen LogP contribution in [0, 0.1) is 6.92 Å². The van der Waals surface area contributed by atoms with Crippen molar-refractivity contribution < 1.29 is 0 Å². The summed E-state index contributed by atoms with van der Waals surface area (Å²) in [5.41, 5.74) is 23.9. The smallest absolute Gasteiger partial charge is 0.252 e. The van der Waals surface area contributed by atoms with Crippen LogP contribution in [0.3, 0.4) is 0 Å². The summed E-state index contributed by atoms with van der Waals surface area (Å²) in [5.74, 6) is 0. The van der Waals surface area contributed by atoms with Crippen molar-refractivity contribution >= 4 is 45.9 Å². The van der Waals surface area contributed by atoms with Crippen LogP contribution < -0.4 is 20.7 Å². The zero-order valence-electron chi connectivity index (χ0n) is 38.0. The van der Waals surface area contributed by atoms with E-state index in [9.17, 15) is 0 Å². The molecule has 0 aromatic heterocycles. The van der Waals surface area contributed by atoms with Gasteiger partial charge in [-0.1, -0.05) is 139 Å². The molecule has 0 saturated heterocycles. The monoisotopic (exact) mass is 755 g/mol. The lowest BCUT2D eigenvalue weighted by Crippen LogP contribution is -2.61. The number of rotatable bonds is 1. The second-order valence-corrected chi connectivity index (χ2v) is 23.7. The molecule has 3 heteroatoms. The van der Waals surface area contributed by atoms with Gasteiger partial charge in [-0.2, -0.15) is 0 Å². The molecule has 6 aliphatic rings. The molecule has 0 radical (unpaired) electrons. The van der Waals surface area contributed by atoms with Crippen molar-refractivity contribution in [3.8, 4) is 0 Å². The van der Waals surface area contributed by atoms with Crippen molar-refractivity contribution in [3.05, 3.63) is 111 Å². The largest absolute Gasteiger partial charge is 0.335 e. The highest BCUT2D eigenvalue weighted by Crippen LogP contribution is 2.64. The normalized spacial score (nSPS) is 25.8. The molecule has 3 aliphatic carbocycles. The molecule has 1 saturated carbocycles. The van der Waals surface area contributed by atoms with E-state index in [0.717, 1.165) is 0 Å². The van der Waals surface area contributed by atoms with E-state index in [-0.39, 0.29) is 44.7 Å². The predicted octanol–water partition coefficient (Wildman–Crippen LogP) is 13.0. The van der Waals surface area contributed by atoms with Gasteiger partial charge in [-0.3, -0.25) is 0 Å². The second kappa shape index (κ2) is 11.1. The van der Waals surface area contributed by atoms with Crippen LogP contribution in [0.25, 0.3) is 5.47 Å². The average Bonchev–Trinajstić information content (AvgIpc) is 3.48. The number of nitrogens with zero attached hydrogens (tertiary/aromatic N) is 2. The fourth-order valence-corrected chi connectivity index (χ4v) is 12.9. The third kappa shape index (κ3) is 4.72. The Labute approximate surface area is 345 Å². The average molecular weight is 755 g/mol. The summed E-state index contributed by atoms with van der Waals surface area (Å²) in [6, 6.07) is 25.5. The van der Waals surface area contributed by atoms with Crippen LogP contribution in [0.5, 0.6) is 0 Å². The molecule has 0 N–H and O–H groups in total. The Morgan fingerprint density at radius 2 is 1.19 bits per heavy atom. The molecule has 3 aliphatic heterocycles. The molecule has 2 unspecified atom stereocenters. The Morgan fingerprint density at radius 3 is 1.82 bits per heavy atom.